The van der Waals surface area contributed by atoms with Crippen LogP contribution in [0.4, 0.5) is 4.79 Å². The molecular weight excluding hydrogens is 388 g/mol. The summed E-state index contributed by atoms with van der Waals surface area (Å²) in [5.74, 6) is 0.191. The van der Waals surface area contributed by atoms with Crippen molar-refractivity contribution < 1.29 is 19.1 Å². The molecule has 1 aliphatic rings. The largest absolute Gasteiger partial charge is 0.496 e. The smallest absolute Gasteiger partial charge is 0.338 e. The van der Waals surface area contributed by atoms with Crippen LogP contribution in [0.1, 0.15) is 39.3 Å². The van der Waals surface area contributed by atoms with E-state index in [9.17, 15) is 9.59 Å². The van der Waals surface area contributed by atoms with Gasteiger partial charge in [0.15, 0.2) is 0 Å². The standard InChI is InChI=1S/C18H23BrN2O4/c1-9(2)15-14(17(22)25-10(3)4)16(21-18(23)20-15)11-6-7-13(24-5)12(19)8-11/h6-10,16H,1-5H3,(H2,20,21,23). The van der Waals surface area contributed by atoms with E-state index in [0.717, 1.165) is 10.0 Å². The van der Waals surface area contributed by atoms with Gasteiger partial charge in [0.25, 0.3) is 0 Å². The van der Waals surface area contributed by atoms with Crippen LogP contribution in [-0.2, 0) is 9.53 Å². The molecule has 1 heterocycles. The van der Waals surface area contributed by atoms with E-state index < -0.39 is 12.0 Å². The van der Waals surface area contributed by atoms with E-state index in [-0.39, 0.29) is 18.1 Å². The Kier molecular flexibility index (Phi) is 6.11. The van der Waals surface area contributed by atoms with E-state index in [1.165, 1.54) is 0 Å². The summed E-state index contributed by atoms with van der Waals surface area (Å²) in [5.41, 5.74) is 1.75. The van der Waals surface area contributed by atoms with Gasteiger partial charge in [0.05, 0.1) is 29.3 Å². The number of amides is 2. The minimum atomic E-state index is -0.598. The fraction of sp³-hybridized carbons (Fsp3) is 0.444. The van der Waals surface area contributed by atoms with Crippen molar-refractivity contribution in [2.75, 3.05) is 7.11 Å². The number of esters is 1. The Morgan fingerprint density at radius 2 is 1.92 bits per heavy atom. The quantitative estimate of drug-likeness (QED) is 0.725. The van der Waals surface area contributed by atoms with E-state index >= 15 is 0 Å². The highest BCUT2D eigenvalue weighted by molar-refractivity contribution is 9.10. The Labute approximate surface area is 156 Å². The van der Waals surface area contributed by atoms with Gasteiger partial charge in [0.2, 0.25) is 0 Å². The fourth-order valence-electron chi connectivity index (χ4n) is 2.66. The Morgan fingerprint density at radius 1 is 1.24 bits per heavy atom. The van der Waals surface area contributed by atoms with Crippen molar-refractivity contribution in [1.82, 2.24) is 10.6 Å². The topological polar surface area (TPSA) is 76.7 Å². The van der Waals surface area contributed by atoms with Crippen LogP contribution in [0.2, 0.25) is 0 Å². The van der Waals surface area contributed by atoms with E-state index in [1.807, 2.05) is 26.0 Å². The molecule has 0 bridgehead atoms. The molecule has 0 aliphatic carbocycles. The minimum Gasteiger partial charge on any atom is -0.496 e. The van der Waals surface area contributed by atoms with Crippen molar-refractivity contribution in [3.05, 3.63) is 39.5 Å². The van der Waals surface area contributed by atoms with Gasteiger partial charge in [-0.05, 0) is 53.4 Å². The van der Waals surface area contributed by atoms with Gasteiger partial charge in [0.1, 0.15) is 5.75 Å². The second-order valence-electron chi connectivity index (χ2n) is 6.36. The summed E-state index contributed by atoms with van der Waals surface area (Å²) >= 11 is 3.44. The Bertz CT molecular complexity index is 713. The molecule has 1 unspecified atom stereocenters. The van der Waals surface area contributed by atoms with Crippen LogP contribution >= 0.6 is 15.9 Å². The highest BCUT2D eigenvalue weighted by Crippen LogP contribution is 2.34. The molecule has 2 amide bonds. The third-order valence-corrected chi connectivity index (χ3v) is 4.37. The number of hydrogen-bond acceptors (Lipinski definition) is 4. The zero-order chi connectivity index (χ0) is 18.7. The normalized spacial score (nSPS) is 17.4. The molecule has 1 aromatic rings. The molecule has 0 spiro atoms. The maximum Gasteiger partial charge on any atom is 0.338 e. The number of carbonyl (C=O) groups excluding carboxylic acids is 2. The minimum absolute atomic E-state index is 0.0371. The summed E-state index contributed by atoms with van der Waals surface area (Å²) < 4.78 is 11.4. The maximum absolute atomic E-state index is 12.7. The molecule has 1 aromatic carbocycles. The lowest BCUT2D eigenvalue weighted by molar-refractivity contribution is -0.143. The number of carbonyl (C=O) groups is 2. The van der Waals surface area contributed by atoms with Gasteiger partial charge in [0, 0.05) is 5.70 Å². The van der Waals surface area contributed by atoms with Gasteiger partial charge in [-0.2, -0.15) is 0 Å². The second kappa shape index (κ2) is 7.91. The first-order chi connectivity index (χ1) is 11.7. The first kappa shape index (κ1) is 19.3. The first-order valence-corrected chi connectivity index (χ1v) is 8.89. The number of allylic oxidation sites excluding steroid dienone is 1. The molecule has 2 N–H and O–H groups in total. The Hall–Kier alpha value is -2.02. The van der Waals surface area contributed by atoms with Crippen LogP contribution in [0.25, 0.3) is 0 Å². The molecule has 25 heavy (non-hydrogen) atoms. The van der Waals surface area contributed by atoms with Gasteiger partial charge in [-0.25, -0.2) is 9.59 Å². The number of methoxy groups -OCH3 is 1. The average Bonchev–Trinajstić information content (AvgIpc) is 2.53. The number of urea groups is 1. The van der Waals surface area contributed by atoms with Crippen LogP contribution in [0.5, 0.6) is 5.75 Å². The summed E-state index contributed by atoms with van der Waals surface area (Å²) in [6.45, 7) is 7.43. The highest BCUT2D eigenvalue weighted by Gasteiger charge is 2.35. The van der Waals surface area contributed by atoms with Gasteiger partial charge < -0.3 is 20.1 Å². The van der Waals surface area contributed by atoms with Crippen LogP contribution < -0.4 is 15.4 Å². The fourth-order valence-corrected chi connectivity index (χ4v) is 3.22. The first-order valence-electron chi connectivity index (χ1n) is 8.10. The van der Waals surface area contributed by atoms with Crippen molar-refractivity contribution >= 4 is 27.9 Å². The SMILES string of the molecule is COc1ccc(C2NC(=O)NC(C(C)C)=C2C(=O)OC(C)C)cc1Br. The predicted octanol–water partition coefficient (Wildman–Crippen LogP) is 3.67. The van der Waals surface area contributed by atoms with E-state index in [4.69, 9.17) is 9.47 Å². The van der Waals surface area contributed by atoms with Crippen molar-refractivity contribution in [3.63, 3.8) is 0 Å². The van der Waals surface area contributed by atoms with E-state index in [2.05, 4.69) is 26.6 Å². The summed E-state index contributed by atoms with van der Waals surface area (Å²) in [6.07, 6.45) is -0.255. The van der Waals surface area contributed by atoms with Crippen LogP contribution in [0.3, 0.4) is 0 Å². The number of nitrogens with one attached hydrogen (secondary N) is 2. The second-order valence-corrected chi connectivity index (χ2v) is 7.22. The van der Waals surface area contributed by atoms with E-state index in [1.54, 1.807) is 27.0 Å². The van der Waals surface area contributed by atoms with Crippen LogP contribution in [0.15, 0.2) is 33.9 Å². The van der Waals surface area contributed by atoms with Gasteiger partial charge in [-0.3, -0.25) is 0 Å². The lowest BCUT2D eigenvalue weighted by Crippen LogP contribution is -2.47. The molecule has 136 valence electrons. The monoisotopic (exact) mass is 410 g/mol. The van der Waals surface area contributed by atoms with Crippen molar-refractivity contribution in [2.24, 2.45) is 5.92 Å². The summed E-state index contributed by atoms with van der Waals surface area (Å²) in [7, 11) is 1.58. The highest BCUT2D eigenvalue weighted by atomic mass is 79.9. The summed E-state index contributed by atoms with van der Waals surface area (Å²) in [4.78, 5) is 24.8. The van der Waals surface area contributed by atoms with Crippen LogP contribution in [0, 0.1) is 5.92 Å². The van der Waals surface area contributed by atoms with Crippen molar-refractivity contribution in [3.8, 4) is 5.75 Å². The lowest BCUT2D eigenvalue weighted by atomic mass is 9.91. The molecular formula is C18H23BrN2O4. The van der Waals surface area contributed by atoms with Crippen molar-refractivity contribution in [2.45, 2.75) is 39.8 Å². The molecule has 6 nitrogen and oxygen atoms in total. The van der Waals surface area contributed by atoms with Gasteiger partial charge in [-0.1, -0.05) is 19.9 Å². The number of halogens is 1. The Balaban J connectivity index is 2.55. The molecule has 1 atom stereocenters. The molecule has 0 fully saturated rings. The predicted molar refractivity (Wildman–Crippen MR) is 98.2 cm³/mol. The number of rotatable bonds is 5. The summed E-state index contributed by atoms with van der Waals surface area (Å²) in [5, 5.41) is 5.57. The molecule has 1 aliphatic heterocycles. The van der Waals surface area contributed by atoms with Gasteiger partial charge in [-0.15, -0.1) is 0 Å². The number of benzene rings is 1. The lowest BCUT2D eigenvalue weighted by Gasteiger charge is -2.31. The zero-order valence-corrected chi connectivity index (χ0v) is 16.6. The Morgan fingerprint density at radius 3 is 2.44 bits per heavy atom. The van der Waals surface area contributed by atoms with Gasteiger partial charge >= 0.3 is 12.0 Å². The molecule has 0 radical (unpaired) electrons. The van der Waals surface area contributed by atoms with Crippen LogP contribution in [-0.4, -0.2) is 25.2 Å². The number of ether oxygens (including phenoxy) is 2. The van der Waals surface area contributed by atoms with Crippen molar-refractivity contribution in [1.29, 1.82) is 0 Å². The third kappa shape index (κ3) is 4.34. The average molecular weight is 411 g/mol. The molecule has 0 saturated heterocycles. The maximum atomic E-state index is 12.7. The third-order valence-electron chi connectivity index (χ3n) is 3.75. The molecule has 0 saturated carbocycles. The molecule has 2 rings (SSSR count). The molecule has 7 heteroatoms. The summed E-state index contributed by atoms with van der Waals surface area (Å²) in [6, 6.07) is 4.49. The van der Waals surface area contributed by atoms with E-state index in [0.29, 0.717) is 17.0 Å². The number of hydrogen-bond donors (Lipinski definition) is 2. The zero-order valence-electron chi connectivity index (χ0n) is 15.0. The molecule has 0 aromatic heterocycles.